The monoisotopic (exact) mass is 248 g/mol. The van der Waals surface area contributed by atoms with Crippen LogP contribution in [0.1, 0.15) is 12.8 Å². The second-order valence-corrected chi connectivity index (χ2v) is 5.96. The van der Waals surface area contributed by atoms with Crippen LogP contribution in [-0.2, 0) is 19.6 Å². The van der Waals surface area contributed by atoms with Crippen molar-refractivity contribution in [2.24, 2.45) is 5.92 Å². The number of rotatable bonds is 3. The molecule has 3 N–H and O–H groups in total. The lowest BCUT2D eigenvalue weighted by Gasteiger charge is -2.11. The standard InChI is InChI=1S/C8H12N2O5S/c11-5-3-9-7(12)6(5)8(13)10-16(14,15)4-1-2-4/h4-6,11H,1-3H2,(H,9,12)(H,10,13). The van der Waals surface area contributed by atoms with Gasteiger partial charge in [0.1, 0.15) is 5.92 Å². The van der Waals surface area contributed by atoms with E-state index in [2.05, 4.69) is 5.32 Å². The molecule has 2 atom stereocenters. The minimum absolute atomic E-state index is 0.0274. The predicted molar refractivity (Wildman–Crippen MR) is 52.6 cm³/mol. The van der Waals surface area contributed by atoms with Crippen LogP contribution in [0.15, 0.2) is 0 Å². The molecule has 1 saturated heterocycles. The molecule has 2 amide bonds. The van der Waals surface area contributed by atoms with Gasteiger partial charge >= 0.3 is 0 Å². The fourth-order valence-corrected chi connectivity index (χ4v) is 2.90. The van der Waals surface area contributed by atoms with Crippen molar-refractivity contribution < 1.29 is 23.1 Å². The minimum Gasteiger partial charge on any atom is -0.390 e. The van der Waals surface area contributed by atoms with E-state index in [1.54, 1.807) is 0 Å². The SMILES string of the molecule is O=C1NCC(O)C1C(=O)NS(=O)(=O)C1CC1. The van der Waals surface area contributed by atoms with Crippen LogP contribution < -0.4 is 10.0 Å². The minimum atomic E-state index is -3.66. The van der Waals surface area contributed by atoms with Crippen molar-refractivity contribution in [2.75, 3.05) is 6.54 Å². The Kier molecular flexibility index (Phi) is 2.62. The van der Waals surface area contributed by atoms with Crippen LogP contribution >= 0.6 is 0 Å². The summed E-state index contributed by atoms with van der Waals surface area (Å²) < 4.78 is 24.7. The Morgan fingerprint density at radius 1 is 1.44 bits per heavy atom. The number of aliphatic hydroxyl groups excluding tert-OH is 1. The van der Waals surface area contributed by atoms with Crippen LogP contribution in [0.5, 0.6) is 0 Å². The topological polar surface area (TPSA) is 113 Å². The highest BCUT2D eigenvalue weighted by molar-refractivity contribution is 7.90. The number of β-amino-alcohol motifs (C(OH)–C–C–N with tert-alkyl or cyclic N) is 1. The Morgan fingerprint density at radius 2 is 2.06 bits per heavy atom. The molecule has 1 aliphatic heterocycles. The highest BCUT2D eigenvalue weighted by atomic mass is 32.2. The lowest BCUT2D eigenvalue weighted by molar-refractivity contribution is -0.134. The number of nitrogens with one attached hydrogen (secondary N) is 2. The van der Waals surface area contributed by atoms with Crippen LogP contribution in [0.3, 0.4) is 0 Å². The van der Waals surface area contributed by atoms with Crippen LogP contribution in [0.2, 0.25) is 0 Å². The van der Waals surface area contributed by atoms with Crippen LogP contribution in [0.25, 0.3) is 0 Å². The molecule has 1 saturated carbocycles. The maximum atomic E-state index is 11.5. The van der Waals surface area contributed by atoms with Gasteiger partial charge in [-0.05, 0) is 12.8 Å². The summed E-state index contributed by atoms with van der Waals surface area (Å²) in [7, 11) is -3.66. The molecule has 8 heteroatoms. The van der Waals surface area contributed by atoms with Crippen LogP contribution in [0, 0.1) is 5.92 Å². The summed E-state index contributed by atoms with van der Waals surface area (Å²) in [5.41, 5.74) is 0. The van der Waals surface area contributed by atoms with Gasteiger partial charge in [0.25, 0.3) is 0 Å². The lowest BCUT2D eigenvalue weighted by atomic mass is 10.1. The van der Waals surface area contributed by atoms with Gasteiger partial charge in [0.05, 0.1) is 11.4 Å². The number of carbonyl (C=O) groups is 2. The van der Waals surface area contributed by atoms with E-state index in [4.69, 9.17) is 0 Å². The average molecular weight is 248 g/mol. The molecule has 90 valence electrons. The molecule has 0 aromatic carbocycles. The summed E-state index contributed by atoms with van der Waals surface area (Å²) in [6.07, 6.45) is -0.105. The largest absolute Gasteiger partial charge is 0.390 e. The first-order chi connectivity index (χ1) is 7.42. The lowest BCUT2D eigenvalue weighted by Crippen LogP contribution is -2.43. The van der Waals surface area contributed by atoms with Crippen molar-refractivity contribution in [2.45, 2.75) is 24.2 Å². The molecule has 2 aliphatic rings. The highest BCUT2D eigenvalue weighted by Gasteiger charge is 2.43. The summed E-state index contributed by atoms with van der Waals surface area (Å²) in [5.74, 6) is -2.92. The van der Waals surface area contributed by atoms with Gasteiger partial charge in [-0.2, -0.15) is 0 Å². The van der Waals surface area contributed by atoms with Gasteiger partial charge in [-0.1, -0.05) is 0 Å². The molecule has 0 spiro atoms. The van der Waals surface area contributed by atoms with Crippen molar-refractivity contribution >= 4 is 21.8 Å². The van der Waals surface area contributed by atoms with Crippen molar-refractivity contribution in [1.82, 2.24) is 10.0 Å². The zero-order chi connectivity index (χ0) is 11.9. The van der Waals surface area contributed by atoms with Gasteiger partial charge in [0, 0.05) is 6.54 Å². The maximum absolute atomic E-state index is 11.5. The summed E-state index contributed by atoms with van der Waals surface area (Å²) in [6.45, 7) is -0.0274. The molecular weight excluding hydrogens is 236 g/mol. The van der Waals surface area contributed by atoms with Gasteiger partial charge in [0.15, 0.2) is 0 Å². The molecule has 2 unspecified atom stereocenters. The van der Waals surface area contributed by atoms with Gasteiger partial charge in [0.2, 0.25) is 21.8 Å². The Bertz CT molecular complexity index is 428. The van der Waals surface area contributed by atoms with Crippen molar-refractivity contribution in [1.29, 1.82) is 0 Å². The smallest absolute Gasteiger partial charge is 0.248 e. The second kappa shape index (κ2) is 3.70. The van der Waals surface area contributed by atoms with Gasteiger partial charge in [-0.3, -0.25) is 14.3 Å². The number of hydrogen-bond acceptors (Lipinski definition) is 5. The molecular formula is C8H12N2O5S. The Morgan fingerprint density at radius 3 is 2.50 bits per heavy atom. The quantitative estimate of drug-likeness (QED) is 0.486. The third-order valence-corrected chi connectivity index (χ3v) is 4.48. The second-order valence-electron chi connectivity index (χ2n) is 4.00. The van der Waals surface area contributed by atoms with Crippen molar-refractivity contribution in [3.63, 3.8) is 0 Å². The first-order valence-corrected chi connectivity index (χ1v) is 6.47. The maximum Gasteiger partial charge on any atom is 0.248 e. The predicted octanol–water partition coefficient (Wildman–Crippen LogP) is -2.30. The van der Waals surface area contributed by atoms with E-state index >= 15 is 0 Å². The van der Waals surface area contributed by atoms with E-state index in [1.807, 2.05) is 4.72 Å². The molecule has 0 bridgehead atoms. The third-order valence-electron chi connectivity index (χ3n) is 2.64. The number of aliphatic hydroxyl groups is 1. The van der Waals surface area contributed by atoms with E-state index in [0.717, 1.165) is 0 Å². The van der Waals surface area contributed by atoms with E-state index < -0.39 is 39.1 Å². The molecule has 0 aromatic heterocycles. The van der Waals surface area contributed by atoms with Crippen LogP contribution in [-0.4, -0.2) is 43.2 Å². The van der Waals surface area contributed by atoms with Crippen molar-refractivity contribution in [3.05, 3.63) is 0 Å². The van der Waals surface area contributed by atoms with Gasteiger partial charge < -0.3 is 10.4 Å². The average Bonchev–Trinajstić information content (AvgIpc) is 2.93. The Balaban J connectivity index is 2.05. The number of sulfonamides is 1. The fourth-order valence-electron chi connectivity index (χ4n) is 1.57. The molecule has 16 heavy (non-hydrogen) atoms. The summed E-state index contributed by atoms with van der Waals surface area (Å²) >= 11 is 0. The first kappa shape index (κ1) is 11.3. The molecule has 2 fully saturated rings. The number of amides is 2. The first-order valence-electron chi connectivity index (χ1n) is 4.93. The Labute approximate surface area is 92.3 Å². The summed E-state index contributed by atoms with van der Waals surface area (Å²) in [5, 5.41) is 11.1. The van der Waals surface area contributed by atoms with Gasteiger partial charge in [-0.25, -0.2) is 8.42 Å². The van der Waals surface area contributed by atoms with Crippen LogP contribution in [0.4, 0.5) is 0 Å². The number of hydrogen-bond donors (Lipinski definition) is 3. The zero-order valence-electron chi connectivity index (χ0n) is 8.34. The van der Waals surface area contributed by atoms with E-state index in [9.17, 15) is 23.1 Å². The molecule has 2 rings (SSSR count). The van der Waals surface area contributed by atoms with E-state index in [1.165, 1.54) is 0 Å². The fraction of sp³-hybridized carbons (Fsp3) is 0.750. The molecule has 0 radical (unpaired) electrons. The van der Waals surface area contributed by atoms with E-state index in [0.29, 0.717) is 12.8 Å². The normalized spacial score (nSPS) is 29.9. The molecule has 1 aliphatic carbocycles. The van der Waals surface area contributed by atoms with E-state index in [-0.39, 0.29) is 6.54 Å². The summed E-state index contributed by atoms with van der Waals surface area (Å²) in [6, 6.07) is 0. The molecule has 1 heterocycles. The highest BCUT2D eigenvalue weighted by Crippen LogP contribution is 2.27. The third kappa shape index (κ3) is 2.03. The summed E-state index contributed by atoms with van der Waals surface area (Å²) in [4.78, 5) is 22.7. The van der Waals surface area contributed by atoms with Crippen molar-refractivity contribution in [3.8, 4) is 0 Å². The number of carbonyl (C=O) groups excluding carboxylic acids is 2. The van der Waals surface area contributed by atoms with Gasteiger partial charge in [-0.15, -0.1) is 0 Å². The zero-order valence-corrected chi connectivity index (χ0v) is 9.16. The molecule has 7 nitrogen and oxygen atoms in total. The molecule has 0 aromatic rings. The Hall–Kier alpha value is -1.15.